The van der Waals surface area contributed by atoms with E-state index in [-0.39, 0.29) is 12.6 Å². The summed E-state index contributed by atoms with van der Waals surface area (Å²) in [5.74, 6) is 0. The van der Waals surface area contributed by atoms with Crippen molar-refractivity contribution < 1.29 is 17.9 Å². The van der Waals surface area contributed by atoms with Gasteiger partial charge in [0.2, 0.25) is 0 Å². The SMILES string of the molecule is CCC(N)Cc1ccn(CCCOCC(F)(F)F)c1. The predicted molar refractivity (Wildman–Crippen MR) is 67.9 cm³/mol. The van der Waals surface area contributed by atoms with Gasteiger partial charge in [0.1, 0.15) is 6.61 Å². The number of alkyl halides is 3. The van der Waals surface area contributed by atoms with Gasteiger partial charge in [0.05, 0.1) is 0 Å². The smallest absolute Gasteiger partial charge is 0.372 e. The molecule has 0 aliphatic carbocycles. The van der Waals surface area contributed by atoms with E-state index >= 15 is 0 Å². The fraction of sp³-hybridized carbons (Fsp3) is 0.692. The zero-order valence-electron chi connectivity index (χ0n) is 11.1. The van der Waals surface area contributed by atoms with Gasteiger partial charge in [0.25, 0.3) is 0 Å². The van der Waals surface area contributed by atoms with E-state index in [0.717, 1.165) is 18.4 Å². The summed E-state index contributed by atoms with van der Waals surface area (Å²) in [7, 11) is 0. The van der Waals surface area contributed by atoms with Crippen LogP contribution >= 0.6 is 0 Å². The normalized spacial score (nSPS) is 13.7. The van der Waals surface area contributed by atoms with Gasteiger partial charge in [-0.3, -0.25) is 0 Å². The highest BCUT2D eigenvalue weighted by atomic mass is 19.4. The minimum Gasteiger partial charge on any atom is -0.372 e. The molecule has 0 aromatic carbocycles. The topological polar surface area (TPSA) is 40.2 Å². The Balaban J connectivity index is 2.20. The monoisotopic (exact) mass is 278 g/mol. The molecule has 0 amide bonds. The molecule has 0 aliphatic heterocycles. The lowest BCUT2D eigenvalue weighted by atomic mass is 10.1. The fourth-order valence-electron chi connectivity index (χ4n) is 1.73. The Morgan fingerprint density at radius 1 is 1.42 bits per heavy atom. The lowest BCUT2D eigenvalue weighted by Crippen LogP contribution is -2.21. The van der Waals surface area contributed by atoms with E-state index in [1.165, 1.54) is 0 Å². The summed E-state index contributed by atoms with van der Waals surface area (Å²) < 4.78 is 42.0. The molecule has 3 nitrogen and oxygen atoms in total. The number of aryl methyl sites for hydroxylation is 1. The highest BCUT2D eigenvalue weighted by Crippen LogP contribution is 2.14. The predicted octanol–water partition coefficient (Wildman–Crippen LogP) is 2.74. The summed E-state index contributed by atoms with van der Waals surface area (Å²) in [6, 6.07) is 2.15. The van der Waals surface area contributed by atoms with Gasteiger partial charge in [-0.2, -0.15) is 13.2 Å². The van der Waals surface area contributed by atoms with E-state index in [2.05, 4.69) is 4.74 Å². The van der Waals surface area contributed by atoms with E-state index in [1.807, 2.05) is 30.0 Å². The van der Waals surface area contributed by atoms with Crippen molar-refractivity contribution in [2.24, 2.45) is 5.73 Å². The summed E-state index contributed by atoms with van der Waals surface area (Å²) in [6.07, 6.45) is 1.98. The number of nitrogens with zero attached hydrogens (tertiary/aromatic N) is 1. The number of hydrogen-bond donors (Lipinski definition) is 1. The Labute approximate surface area is 111 Å². The third-order valence-electron chi connectivity index (χ3n) is 2.80. The quantitative estimate of drug-likeness (QED) is 0.743. The third kappa shape index (κ3) is 7.22. The highest BCUT2D eigenvalue weighted by molar-refractivity contribution is 5.11. The molecule has 0 saturated heterocycles. The molecule has 0 spiro atoms. The fourth-order valence-corrected chi connectivity index (χ4v) is 1.73. The van der Waals surface area contributed by atoms with E-state index in [4.69, 9.17) is 5.73 Å². The van der Waals surface area contributed by atoms with Crippen molar-refractivity contribution in [2.45, 2.75) is 44.9 Å². The molecule has 110 valence electrons. The van der Waals surface area contributed by atoms with Crippen LogP contribution in [0.3, 0.4) is 0 Å². The largest absolute Gasteiger partial charge is 0.411 e. The zero-order valence-corrected chi connectivity index (χ0v) is 11.1. The molecule has 1 aromatic rings. The van der Waals surface area contributed by atoms with Crippen molar-refractivity contribution in [3.05, 3.63) is 24.0 Å². The van der Waals surface area contributed by atoms with Crippen LogP contribution in [0.2, 0.25) is 0 Å². The molecule has 0 aliphatic rings. The molecule has 2 N–H and O–H groups in total. The van der Waals surface area contributed by atoms with Crippen LogP contribution < -0.4 is 5.73 Å². The van der Waals surface area contributed by atoms with Gasteiger partial charge in [0, 0.05) is 31.6 Å². The summed E-state index contributed by atoms with van der Waals surface area (Å²) >= 11 is 0. The molecule has 0 radical (unpaired) electrons. The Morgan fingerprint density at radius 2 is 2.16 bits per heavy atom. The van der Waals surface area contributed by atoms with E-state index in [1.54, 1.807) is 0 Å². The lowest BCUT2D eigenvalue weighted by Gasteiger charge is -2.08. The Morgan fingerprint density at radius 3 is 2.79 bits per heavy atom. The van der Waals surface area contributed by atoms with Gasteiger partial charge in [-0.15, -0.1) is 0 Å². The number of aromatic nitrogens is 1. The molecule has 1 atom stereocenters. The average molecular weight is 278 g/mol. The molecular formula is C13H21F3N2O. The first-order valence-electron chi connectivity index (χ1n) is 6.45. The van der Waals surface area contributed by atoms with Gasteiger partial charge in [-0.1, -0.05) is 6.92 Å². The second-order valence-corrected chi connectivity index (χ2v) is 4.65. The second kappa shape index (κ2) is 7.55. The van der Waals surface area contributed by atoms with Crippen molar-refractivity contribution in [3.8, 4) is 0 Å². The Kier molecular flexibility index (Phi) is 6.37. The number of hydrogen-bond acceptors (Lipinski definition) is 2. The van der Waals surface area contributed by atoms with Gasteiger partial charge in [-0.25, -0.2) is 0 Å². The zero-order chi connectivity index (χ0) is 14.3. The first-order chi connectivity index (χ1) is 8.90. The van der Waals surface area contributed by atoms with Crippen LogP contribution in [0, 0.1) is 0 Å². The summed E-state index contributed by atoms with van der Waals surface area (Å²) in [4.78, 5) is 0. The standard InChI is InChI=1S/C13H21F3N2O/c1-2-12(17)8-11-4-6-18(9-11)5-3-7-19-10-13(14,15)16/h4,6,9,12H,2-3,5,7-8,10,17H2,1H3. The molecule has 1 unspecified atom stereocenters. The van der Waals surface area contributed by atoms with Crippen molar-refractivity contribution >= 4 is 0 Å². The number of halogens is 3. The van der Waals surface area contributed by atoms with Gasteiger partial charge in [-0.05, 0) is 30.9 Å². The summed E-state index contributed by atoms with van der Waals surface area (Å²) in [6.45, 7) is 1.63. The first-order valence-corrected chi connectivity index (χ1v) is 6.45. The Hall–Kier alpha value is -1.01. The van der Waals surface area contributed by atoms with Gasteiger partial charge < -0.3 is 15.0 Å². The van der Waals surface area contributed by atoms with E-state index in [9.17, 15) is 13.2 Å². The maximum Gasteiger partial charge on any atom is 0.411 e. The second-order valence-electron chi connectivity index (χ2n) is 4.65. The maximum atomic E-state index is 11.8. The Bertz CT molecular complexity index is 363. The molecule has 1 heterocycles. The third-order valence-corrected chi connectivity index (χ3v) is 2.80. The number of ether oxygens (including phenoxy) is 1. The number of rotatable bonds is 8. The maximum absolute atomic E-state index is 11.8. The van der Waals surface area contributed by atoms with Crippen LogP contribution in [0.1, 0.15) is 25.3 Å². The minimum absolute atomic E-state index is 0.113. The van der Waals surface area contributed by atoms with Crippen molar-refractivity contribution in [2.75, 3.05) is 13.2 Å². The summed E-state index contributed by atoms with van der Waals surface area (Å²) in [5.41, 5.74) is 7.02. The van der Waals surface area contributed by atoms with E-state index in [0.29, 0.717) is 13.0 Å². The molecule has 1 aromatic heterocycles. The van der Waals surface area contributed by atoms with E-state index < -0.39 is 12.8 Å². The van der Waals surface area contributed by atoms with Crippen LogP contribution in [0.15, 0.2) is 18.5 Å². The van der Waals surface area contributed by atoms with Crippen LogP contribution in [-0.2, 0) is 17.7 Å². The van der Waals surface area contributed by atoms with Gasteiger partial charge in [0.15, 0.2) is 0 Å². The van der Waals surface area contributed by atoms with Gasteiger partial charge >= 0.3 is 6.18 Å². The molecule has 1 rings (SSSR count). The molecular weight excluding hydrogens is 257 g/mol. The first kappa shape index (κ1) is 16.0. The molecule has 0 saturated carbocycles. The lowest BCUT2D eigenvalue weighted by molar-refractivity contribution is -0.174. The minimum atomic E-state index is -4.24. The number of nitrogens with two attached hydrogens (primary N) is 1. The van der Waals surface area contributed by atoms with Crippen LogP contribution in [0.4, 0.5) is 13.2 Å². The summed E-state index contributed by atoms with van der Waals surface area (Å²) in [5, 5.41) is 0. The van der Waals surface area contributed by atoms with Crippen LogP contribution in [0.5, 0.6) is 0 Å². The highest BCUT2D eigenvalue weighted by Gasteiger charge is 2.27. The van der Waals surface area contributed by atoms with Crippen LogP contribution in [0.25, 0.3) is 0 Å². The van der Waals surface area contributed by atoms with Crippen LogP contribution in [-0.4, -0.2) is 30.0 Å². The van der Waals surface area contributed by atoms with Crippen molar-refractivity contribution in [3.63, 3.8) is 0 Å². The molecule has 0 bridgehead atoms. The molecule has 6 heteroatoms. The average Bonchev–Trinajstić information content (AvgIpc) is 2.74. The molecule has 0 fully saturated rings. The van der Waals surface area contributed by atoms with Crippen molar-refractivity contribution in [1.82, 2.24) is 4.57 Å². The van der Waals surface area contributed by atoms with Crippen molar-refractivity contribution in [1.29, 1.82) is 0 Å². The molecule has 19 heavy (non-hydrogen) atoms.